The second-order valence-electron chi connectivity index (χ2n) is 3.82. The van der Waals surface area contributed by atoms with Crippen LogP contribution in [-0.4, -0.2) is 17.1 Å². The van der Waals surface area contributed by atoms with Gasteiger partial charge in [0.2, 0.25) is 5.28 Å². The number of methoxy groups -OCH3 is 1. The van der Waals surface area contributed by atoms with Gasteiger partial charge in [0, 0.05) is 0 Å². The van der Waals surface area contributed by atoms with Gasteiger partial charge in [-0.05, 0) is 29.1 Å². The summed E-state index contributed by atoms with van der Waals surface area (Å²) in [6.07, 6.45) is 1.51. The molecule has 0 aliphatic heterocycles. The van der Waals surface area contributed by atoms with E-state index in [-0.39, 0.29) is 5.28 Å². The van der Waals surface area contributed by atoms with Crippen molar-refractivity contribution in [2.24, 2.45) is 0 Å². The van der Waals surface area contributed by atoms with E-state index >= 15 is 0 Å². The highest BCUT2D eigenvalue weighted by molar-refractivity contribution is 7.22. The molecule has 0 saturated heterocycles. The second kappa shape index (κ2) is 4.96. The van der Waals surface area contributed by atoms with E-state index in [1.807, 2.05) is 24.3 Å². The third-order valence-electron chi connectivity index (χ3n) is 2.68. The van der Waals surface area contributed by atoms with Crippen molar-refractivity contribution < 1.29 is 4.74 Å². The first-order chi connectivity index (χ1) is 9.19. The molecular formula is C13H8Cl2N2OS. The van der Waals surface area contributed by atoms with Crippen LogP contribution in [0, 0.1) is 0 Å². The molecule has 0 unspecified atom stereocenters. The Hall–Kier alpha value is -1.36. The number of rotatable bonds is 2. The number of thiophene rings is 1. The molecule has 0 amide bonds. The Balaban J connectivity index is 2.23. The van der Waals surface area contributed by atoms with E-state index in [1.54, 1.807) is 18.4 Å². The fourth-order valence-electron chi connectivity index (χ4n) is 1.83. The molecule has 3 aromatic rings. The molecule has 3 rings (SSSR count). The molecule has 0 saturated carbocycles. The van der Waals surface area contributed by atoms with E-state index in [2.05, 4.69) is 9.97 Å². The molecule has 2 aromatic heterocycles. The minimum Gasteiger partial charge on any atom is -0.495 e. The Morgan fingerprint density at radius 3 is 2.89 bits per heavy atom. The van der Waals surface area contributed by atoms with Gasteiger partial charge in [-0.15, -0.1) is 11.3 Å². The lowest BCUT2D eigenvalue weighted by Gasteiger charge is -2.00. The smallest absolute Gasteiger partial charge is 0.223 e. The zero-order valence-corrected chi connectivity index (χ0v) is 12.2. The molecule has 19 heavy (non-hydrogen) atoms. The lowest BCUT2D eigenvalue weighted by atomic mass is 10.2. The Kier molecular flexibility index (Phi) is 3.31. The summed E-state index contributed by atoms with van der Waals surface area (Å²) >= 11 is 13.5. The zero-order chi connectivity index (χ0) is 13.4. The maximum Gasteiger partial charge on any atom is 0.223 e. The van der Waals surface area contributed by atoms with Crippen molar-refractivity contribution in [2.75, 3.05) is 7.11 Å². The van der Waals surface area contributed by atoms with Crippen LogP contribution in [0.5, 0.6) is 5.75 Å². The summed E-state index contributed by atoms with van der Waals surface area (Å²) in [6, 6.07) is 7.92. The summed E-state index contributed by atoms with van der Waals surface area (Å²) in [4.78, 5) is 8.98. The number of aromatic nitrogens is 2. The van der Waals surface area contributed by atoms with Crippen LogP contribution in [0.15, 0.2) is 30.5 Å². The highest BCUT2D eigenvalue weighted by Crippen LogP contribution is 2.39. The highest BCUT2D eigenvalue weighted by Gasteiger charge is 2.13. The molecule has 0 spiro atoms. The SMILES string of the molecule is COc1cccc2cc(-c3nc(Cl)ncc3Cl)sc12. The third kappa shape index (κ3) is 2.27. The molecule has 6 heteroatoms. The number of fused-ring (bicyclic) bond motifs is 1. The molecule has 0 aliphatic rings. The summed E-state index contributed by atoms with van der Waals surface area (Å²) in [7, 11) is 1.66. The van der Waals surface area contributed by atoms with Gasteiger partial charge in [-0.3, -0.25) is 0 Å². The quantitative estimate of drug-likeness (QED) is 0.645. The van der Waals surface area contributed by atoms with Crippen LogP contribution in [0.3, 0.4) is 0 Å². The third-order valence-corrected chi connectivity index (χ3v) is 4.31. The lowest BCUT2D eigenvalue weighted by Crippen LogP contribution is -1.86. The van der Waals surface area contributed by atoms with Gasteiger partial charge < -0.3 is 4.74 Å². The predicted octanol–water partition coefficient (Wildman–Crippen LogP) is 4.67. The summed E-state index contributed by atoms with van der Waals surface area (Å²) in [5.74, 6) is 0.838. The van der Waals surface area contributed by atoms with Gasteiger partial charge in [0.1, 0.15) is 11.4 Å². The van der Waals surface area contributed by atoms with Crippen molar-refractivity contribution in [2.45, 2.75) is 0 Å². The van der Waals surface area contributed by atoms with Crippen LogP contribution >= 0.6 is 34.5 Å². The van der Waals surface area contributed by atoms with Crippen LogP contribution in [0.2, 0.25) is 10.3 Å². The fourth-order valence-corrected chi connectivity index (χ4v) is 3.37. The number of hydrogen-bond donors (Lipinski definition) is 0. The van der Waals surface area contributed by atoms with Gasteiger partial charge in [-0.25, -0.2) is 9.97 Å². The van der Waals surface area contributed by atoms with E-state index in [1.165, 1.54) is 6.20 Å². The van der Waals surface area contributed by atoms with Gasteiger partial charge >= 0.3 is 0 Å². The van der Waals surface area contributed by atoms with Gasteiger partial charge in [-0.1, -0.05) is 23.7 Å². The van der Waals surface area contributed by atoms with Crippen molar-refractivity contribution >= 4 is 44.6 Å². The van der Waals surface area contributed by atoms with E-state index < -0.39 is 0 Å². The van der Waals surface area contributed by atoms with Crippen LogP contribution < -0.4 is 4.74 Å². The average molecular weight is 311 g/mol. The summed E-state index contributed by atoms with van der Waals surface area (Å²) in [6.45, 7) is 0. The summed E-state index contributed by atoms with van der Waals surface area (Å²) in [5, 5.41) is 1.75. The molecule has 0 atom stereocenters. The molecule has 2 heterocycles. The first-order valence-electron chi connectivity index (χ1n) is 5.44. The van der Waals surface area contributed by atoms with Crippen LogP contribution in [-0.2, 0) is 0 Å². The Morgan fingerprint density at radius 2 is 2.11 bits per heavy atom. The zero-order valence-electron chi connectivity index (χ0n) is 9.85. The normalized spacial score (nSPS) is 10.9. The maximum absolute atomic E-state index is 6.12. The first kappa shape index (κ1) is 12.7. The molecule has 0 N–H and O–H groups in total. The molecule has 0 fully saturated rings. The molecule has 0 bridgehead atoms. The highest BCUT2D eigenvalue weighted by atomic mass is 35.5. The number of nitrogens with zero attached hydrogens (tertiary/aromatic N) is 2. The number of ether oxygens (including phenoxy) is 1. The predicted molar refractivity (Wildman–Crippen MR) is 79.4 cm³/mol. The number of benzene rings is 1. The minimum atomic E-state index is 0.184. The van der Waals surface area contributed by atoms with Crippen molar-refractivity contribution in [1.29, 1.82) is 0 Å². The van der Waals surface area contributed by atoms with Gasteiger partial charge in [0.05, 0.1) is 27.9 Å². The van der Waals surface area contributed by atoms with Crippen LogP contribution in [0.4, 0.5) is 0 Å². The fraction of sp³-hybridized carbons (Fsp3) is 0.0769. The number of halogens is 2. The Morgan fingerprint density at radius 1 is 1.26 bits per heavy atom. The van der Waals surface area contributed by atoms with Crippen molar-refractivity contribution in [1.82, 2.24) is 9.97 Å². The monoisotopic (exact) mass is 310 g/mol. The van der Waals surface area contributed by atoms with Crippen molar-refractivity contribution in [3.8, 4) is 16.3 Å². The van der Waals surface area contributed by atoms with Gasteiger partial charge in [0.25, 0.3) is 0 Å². The van der Waals surface area contributed by atoms with Gasteiger partial charge in [0.15, 0.2) is 0 Å². The van der Waals surface area contributed by atoms with Crippen molar-refractivity contribution in [3.63, 3.8) is 0 Å². The molecule has 1 aromatic carbocycles. The topological polar surface area (TPSA) is 35.0 Å². The summed E-state index contributed by atoms with van der Waals surface area (Å²) in [5.41, 5.74) is 0.643. The molecule has 0 radical (unpaired) electrons. The summed E-state index contributed by atoms with van der Waals surface area (Å²) < 4.78 is 6.41. The Bertz CT molecular complexity index is 757. The molecule has 96 valence electrons. The Labute approximate surface area is 123 Å². The van der Waals surface area contributed by atoms with E-state index in [0.717, 1.165) is 20.7 Å². The largest absolute Gasteiger partial charge is 0.495 e. The standard InChI is InChI=1S/C13H8Cl2N2OS/c1-18-9-4-2-3-7-5-10(19-12(7)9)11-8(14)6-16-13(15)17-11/h2-6H,1H3. The van der Waals surface area contributed by atoms with E-state index in [9.17, 15) is 0 Å². The molecule has 3 nitrogen and oxygen atoms in total. The van der Waals surface area contributed by atoms with E-state index in [0.29, 0.717) is 10.7 Å². The first-order valence-corrected chi connectivity index (χ1v) is 7.01. The lowest BCUT2D eigenvalue weighted by molar-refractivity contribution is 0.420. The van der Waals surface area contributed by atoms with Crippen LogP contribution in [0.25, 0.3) is 20.7 Å². The van der Waals surface area contributed by atoms with Crippen LogP contribution in [0.1, 0.15) is 0 Å². The molecule has 0 aliphatic carbocycles. The van der Waals surface area contributed by atoms with Crippen molar-refractivity contribution in [3.05, 3.63) is 40.8 Å². The second-order valence-corrected chi connectivity index (χ2v) is 5.62. The minimum absolute atomic E-state index is 0.184. The average Bonchev–Trinajstić information content (AvgIpc) is 2.85. The van der Waals surface area contributed by atoms with Gasteiger partial charge in [-0.2, -0.15) is 0 Å². The molecular weight excluding hydrogens is 303 g/mol. The number of hydrogen-bond acceptors (Lipinski definition) is 4. The maximum atomic E-state index is 6.12. The van der Waals surface area contributed by atoms with E-state index in [4.69, 9.17) is 27.9 Å².